The van der Waals surface area contributed by atoms with Gasteiger partial charge >= 0.3 is 6.09 Å². The molecule has 12 heteroatoms. The summed E-state index contributed by atoms with van der Waals surface area (Å²) >= 11 is 0. The van der Waals surface area contributed by atoms with E-state index in [4.69, 9.17) is 18.9 Å². The number of rotatable bonds is 7. The van der Waals surface area contributed by atoms with Crippen molar-refractivity contribution in [1.29, 1.82) is 0 Å². The van der Waals surface area contributed by atoms with Crippen molar-refractivity contribution >= 4 is 35.2 Å². The number of methoxy groups -OCH3 is 1. The summed E-state index contributed by atoms with van der Waals surface area (Å²) in [6.07, 6.45) is 0.682. The Hall–Kier alpha value is -4.97. The summed E-state index contributed by atoms with van der Waals surface area (Å²) in [4.78, 5) is 54.4. The lowest BCUT2D eigenvalue weighted by molar-refractivity contribution is -0.136. The molecule has 3 heterocycles. The van der Waals surface area contributed by atoms with Crippen LogP contribution in [0.3, 0.4) is 0 Å². The van der Waals surface area contributed by atoms with E-state index in [1.807, 2.05) is 0 Å². The van der Waals surface area contributed by atoms with Crippen LogP contribution in [0.25, 0.3) is 0 Å². The van der Waals surface area contributed by atoms with Gasteiger partial charge in [0.2, 0.25) is 11.8 Å². The number of fused-ring (bicyclic) bond motifs is 1. The Morgan fingerprint density at radius 1 is 1.00 bits per heavy atom. The first-order valence-corrected chi connectivity index (χ1v) is 14.3. The van der Waals surface area contributed by atoms with Gasteiger partial charge in [-0.25, -0.2) is 14.1 Å². The van der Waals surface area contributed by atoms with Gasteiger partial charge in [-0.2, -0.15) is 0 Å². The Labute approximate surface area is 252 Å². The minimum Gasteiger partial charge on any atom is -0.485 e. The number of nitrogens with zero attached hydrogens (tertiary/aromatic N) is 2. The second-order valence-corrected chi connectivity index (χ2v) is 10.7. The van der Waals surface area contributed by atoms with Gasteiger partial charge < -0.3 is 23.8 Å². The minimum atomic E-state index is -0.813. The fourth-order valence-corrected chi connectivity index (χ4v) is 5.61. The number of carbonyl (C=O) groups excluding carboxylic acids is 4. The maximum absolute atomic E-state index is 14.0. The number of ether oxygens (including phenoxy) is 4. The van der Waals surface area contributed by atoms with Crippen molar-refractivity contribution in [2.75, 3.05) is 25.2 Å². The molecule has 1 N–H and O–H groups in total. The molecule has 2 saturated heterocycles. The van der Waals surface area contributed by atoms with Crippen molar-refractivity contribution in [2.24, 2.45) is 0 Å². The summed E-state index contributed by atoms with van der Waals surface area (Å²) in [6, 6.07) is 14.8. The molecule has 44 heavy (non-hydrogen) atoms. The number of halogens is 1. The van der Waals surface area contributed by atoms with Gasteiger partial charge in [0.15, 0.2) is 5.75 Å². The van der Waals surface area contributed by atoms with Gasteiger partial charge in [-0.1, -0.05) is 6.07 Å². The van der Waals surface area contributed by atoms with Crippen LogP contribution in [-0.4, -0.2) is 61.2 Å². The molecule has 0 bridgehead atoms. The Bertz CT molecular complexity index is 1590. The highest BCUT2D eigenvalue weighted by atomic mass is 19.1. The molecule has 2 fully saturated rings. The third-order valence-corrected chi connectivity index (χ3v) is 7.77. The third kappa shape index (κ3) is 5.80. The highest BCUT2D eigenvalue weighted by Crippen LogP contribution is 2.44. The second kappa shape index (κ2) is 12.3. The van der Waals surface area contributed by atoms with E-state index in [0.717, 1.165) is 6.42 Å². The molecule has 3 aliphatic heterocycles. The van der Waals surface area contributed by atoms with Crippen LogP contribution in [0, 0.1) is 5.82 Å². The van der Waals surface area contributed by atoms with Gasteiger partial charge in [-0.05, 0) is 79.4 Å². The zero-order valence-corrected chi connectivity index (χ0v) is 23.9. The number of piperidine rings is 1. The summed E-state index contributed by atoms with van der Waals surface area (Å²) in [5.74, 6) is -0.651. The molecule has 4 amide bonds. The third-order valence-electron chi connectivity index (χ3n) is 7.77. The lowest BCUT2D eigenvalue weighted by atomic mass is 10.0. The SMILES string of the molecule is COC(=O)N(c1ccc(Oc2ccc(F)cc2)cc1)c1ccc2c(c1O[C@@H]1CCCOC1)C(=O)N(C1CCC(=O)NC1=O)C2. The average Bonchev–Trinajstić information content (AvgIpc) is 3.36. The van der Waals surface area contributed by atoms with E-state index in [2.05, 4.69) is 5.32 Å². The van der Waals surface area contributed by atoms with E-state index in [-0.39, 0.29) is 54.2 Å². The van der Waals surface area contributed by atoms with E-state index in [1.54, 1.807) is 36.4 Å². The van der Waals surface area contributed by atoms with Crippen LogP contribution in [0.15, 0.2) is 60.7 Å². The maximum Gasteiger partial charge on any atom is 0.418 e. The van der Waals surface area contributed by atoms with Crippen LogP contribution in [0.1, 0.15) is 41.6 Å². The monoisotopic (exact) mass is 603 g/mol. The van der Waals surface area contributed by atoms with Crippen LogP contribution in [0.4, 0.5) is 20.6 Å². The molecule has 0 saturated carbocycles. The van der Waals surface area contributed by atoms with Crippen LogP contribution >= 0.6 is 0 Å². The molecule has 0 aromatic heterocycles. The fourth-order valence-electron chi connectivity index (χ4n) is 5.61. The predicted molar refractivity (Wildman–Crippen MR) is 154 cm³/mol. The van der Waals surface area contributed by atoms with Crippen LogP contribution in [0.5, 0.6) is 17.2 Å². The number of nitrogens with one attached hydrogen (secondary N) is 1. The second-order valence-electron chi connectivity index (χ2n) is 10.7. The van der Waals surface area contributed by atoms with Crippen LogP contribution in [-0.2, 0) is 25.6 Å². The van der Waals surface area contributed by atoms with Gasteiger partial charge in [0.05, 0.1) is 30.7 Å². The molecule has 228 valence electrons. The molecular weight excluding hydrogens is 573 g/mol. The van der Waals surface area contributed by atoms with E-state index < -0.39 is 23.9 Å². The molecule has 3 aromatic rings. The summed E-state index contributed by atoms with van der Waals surface area (Å²) in [5.41, 5.74) is 1.54. The smallest absolute Gasteiger partial charge is 0.418 e. The molecule has 0 aliphatic carbocycles. The molecule has 11 nitrogen and oxygen atoms in total. The molecule has 1 unspecified atom stereocenters. The van der Waals surface area contributed by atoms with E-state index in [1.165, 1.54) is 41.2 Å². The Morgan fingerprint density at radius 2 is 1.73 bits per heavy atom. The first-order chi connectivity index (χ1) is 21.3. The Morgan fingerprint density at radius 3 is 2.39 bits per heavy atom. The van der Waals surface area contributed by atoms with Crippen molar-refractivity contribution in [3.63, 3.8) is 0 Å². The van der Waals surface area contributed by atoms with Crippen molar-refractivity contribution in [2.45, 2.75) is 44.4 Å². The molecular formula is C32H30FN3O8. The fraction of sp³-hybridized carbons (Fsp3) is 0.312. The highest BCUT2D eigenvalue weighted by molar-refractivity contribution is 6.09. The Kier molecular flexibility index (Phi) is 8.16. The zero-order valence-electron chi connectivity index (χ0n) is 23.9. The van der Waals surface area contributed by atoms with Crippen LogP contribution < -0.4 is 19.7 Å². The van der Waals surface area contributed by atoms with Crippen molar-refractivity contribution < 1.29 is 42.5 Å². The maximum atomic E-state index is 14.0. The summed E-state index contributed by atoms with van der Waals surface area (Å²) in [6.45, 7) is 1.05. The standard InChI is InChI=1S/C32H30FN3O8/c1-41-32(40)36(21-7-11-23(12-8-21)43-22-9-5-20(33)6-10-22)25-13-4-19-17-35(26-14-15-27(37)34-30(26)38)31(39)28(19)29(25)44-24-3-2-16-42-18-24/h4-13,24,26H,2-3,14-18H2,1H3,(H,34,37,38)/t24-,26?/m1/s1. The van der Waals surface area contributed by atoms with Gasteiger partial charge in [-0.3, -0.25) is 19.7 Å². The van der Waals surface area contributed by atoms with E-state index in [9.17, 15) is 23.6 Å². The molecule has 3 aromatic carbocycles. The summed E-state index contributed by atoms with van der Waals surface area (Å²) in [7, 11) is 1.25. The van der Waals surface area contributed by atoms with E-state index in [0.29, 0.717) is 42.4 Å². The lowest BCUT2D eigenvalue weighted by Gasteiger charge is -2.30. The predicted octanol–water partition coefficient (Wildman–Crippen LogP) is 4.84. The normalized spacial score (nSPS) is 19.7. The molecule has 6 rings (SSSR count). The largest absolute Gasteiger partial charge is 0.485 e. The summed E-state index contributed by atoms with van der Waals surface area (Å²) in [5, 5.41) is 2.31. The van der Waals surface area contributed by atoms with Gasteiger partial charge in [-0.15, -0.1) is 0 Å². The molecule has 0 radical (unpaired) electrons. The van der Waals surface area contributed by atoms with Gasteiger partial charge in [0.25, 0.3) is 5.91 Å². The van der Waals surface area contributed by atoms with Gasteiger partial charge in [0, 0.05) is 19.6 Å². The number of carbonyl (C=O) groups is 4. The van der Waals surface area contributed by atoms with Crippen LogP contribution in [0.2, 0.25) is 0 Å². The number of hydrogen-bond donors (Lipinski definition) is 1. The number of anilines is 2. The topological polar surface area (TPSA) is 124 Å². The quantitative estimate of drug-likeness (QED) is 0.381. The van der Waals surface area contributed by atoms with Crippen molar-refractivity contribution in [3.8, 4) is 17.2 Å². The first-order valence-electron chi connectivity index (χ1n) is 14.3. The highest BCUT2D eigenvalue weighted by Gasteiger charge is 2.42. The van der Waals surface area contributed by atoms with Crippen molar-refractivity contribution in [3.05, 3.63) is 77.6 Å². The number of amides is 4. The van der Waals surface area contributed by atoms with Crippen molar-refractivity contribution in [1.82, 2.24) is 10.2 Å². The van der Waals surface area contributed by atoms with Gasteiger partial charge in [0.1, 0.15) is 29.5 Å². The Balaban J connectivity index is 1.37. The molecule has 2 atom stereocenters. The average molecular weight is 604 g/mol. The number of benzene rings is 3. The summed E-state index contributed by atoms with van der Waals surface area (Å²) < 4.78 is 36.3. The number of imide groups is 1. The first kappa shape index (κ1) is 29.1. The lowest BCUT2D eigenvalue weighted by Crippen LogP contribution is -2.52. The molecule has 0 spiro atoms. The minimum absolute atomic E-state index is 0.127. The zero-order chi connectivity index (χ0) is 30.8. The molecule has 3 aliphatic rings. The van der Waals surface area contributed by atoms with E-state index >= 15 is 0 Å². The number of hydrogen-bond acceptors (Lipinski definition) is 8.